The third-order valence-corrected chi connectivity index (χ3v) is 7.61. The molecule has 0 aliphatic carbocycles. The van der Waals surface area contributed by atoms with Gasteiger partial charge in [0.1, 0.15) is 11.6 Å². The van der Waals surface area contributed by atoms with Gasteiger partial charge in [0.25, 0.3) is 5.91 Å². The molecule has 0 unspecified atom stereocenters. The largest absolute Gasteiger partial charge is 0.329 e. The number of benzene rings is 1. The van der Waals surface area contributed by atoms with Gasteiger partial charge in [-0.25, -0.2) is 9.97 Å². The Morgan fingerprint density at radius 1 is 1.10 bits per heavy atom. The number of aryl methyl sites for hydroxylation is 2. The molecule has 4 aromatic rings. The molecule has 2 amide bonds. The van der Waals surface area contributed by atoms with Gasteiger partial charge in [-0.1, -0.05) is 31.6 Å². The molecule has 0 bridgehead atoms. The van der Waals surface area contributed by atoms with E-state index in [0.29, 0.717) is 24.5 Å². The normalized spacial score (nSPS) is 15.5. The molecule has 0 saturated carbocycles. The Balaban J connectivity index is 1.43. The van der Waals surface area contributed by atoms with Crippen molar-refractivity contribution >= 4 is 23.1 Å². The predicted molar refractivity (Wildman–Crippen MR) is 165 cm³/mol. The molecule has 3 aromatic heterocycles. The first-order chi connectivity index (χ1) is 20.4. The molecule has 4 heterocycles. The second-order valence-electron chi connectivity index (χ2n) is 11.1. The number of likely N-dealkylation sites (N-methyl/N-ethyl adjacent to an activating group) is 1. The predicted octanol–water partition coefficient (Wildman–Crippen LogP) is 5.48. The molecule has 1 aliphatic rings. The summed E-state index contributed by atoms with van der Waals surface area (Å²) in [5, 5.41) is 2.91. The van der Waals surface area contributed by atoms with Crippen LogP contribution in [0.4, 0.5) is 5.82 Å². The molecule has 0 radical (unpaired) electrons. The zero-order valence-electron chi connectivity index (χ0n) is 24.9. The summed E-state index contributed by atoms with van der Waals surface area (Å²) in [5.41, 5.74) is 5.11. The van der Waals surface area contributed by atoms with E-state index < -0.39 is 0 Å². The van der Waals surface area contributed by atoms with Crippen molar-refractivity contribution in [2.45, 2.75) is 52.0 Å². The Morgan fingerprint density at radius 2 is 1.90 bits per heavy atom. The lowest BCUT2D eigenvalue weighted by atomic mass is 10.0. The Labute approximate surface area is 247 Å². The molecule has 5 rings (SSSR count). The highest BCUT2D eigenvalue weighted by Crippen LogP contribution is 2.35. The molecule has 1 N–H and O–H groups in total. The van der Waals surface area contributed by atoms with Crippen LogP contribution in [0.1, 0.15) is 66.1 Å². The number of piperidine rings is 1. The summed E-state index contributed by atoms with van der Waals surface area (Å²) in [5.74, 6) is 1.18. The number of nitrogens with one attached hydrogen (secondary N) is 1. The Kier molecular flexibility index (Phi) is 9.07. The van der Waals surface area contributed by atoms with Crippen molar-refractivity contribution in [1.29, 1.82) is 0 Å². The monoisotopic (exact) mass is 565 g/mol. The Bertz CT molecular complexity index is 1590. The summed E-state index contributed by atoms with van der Waals surface area (Å²) in [6.45, 7) is 5.50. The first kappa shape index (κ1) is 29.1. The summed E-state index contributed by atoms with van der Waals surface area (Å²) in [6, 6.07) is 11.2. The van der Waals surface area contributed by atoms with E-state index in [1.54, 1.807) is 18.5 Å². The second kappa shape index (κ2) is 13.1. The molecular formula is C33H39N7O2. The van der Waals surface area contributed by atoms with Crippen molar-refractivity contribution < 1.29 is 9.59 Å². The van der Waals surface area contributed by atoms with Crippen molar-refractivity contribution in [3.8, 4) is 11.3 Å². The molecule has 0 spiro atoms. The minimum Gasteiger partial charge on any atom is -0.329 e. The lowest BCUT2D eigenvalue weighted by Gasteiger charge is -2.34. The molecule has 1 atom stereocenters. The summed E-state index contributed by atoms with van der Waals surface area (Å²) in [4.78, 5) is 44.2. The molecule has 1 saturated heterocycles. The van der Waals surface area contributed by atoms with Crippen LogP contribution >= 0.6 is 0 Å². The molecule has 1 fully saturated rings. The summed E-state index contributed by atoms with van der Waals surface area (Å²) in [6.07, 6.45) is 13.8. The molecular weight excluding hydrogens is 526 g/mol. The van der Waals surface area contributed by atoms with Gasteiger partial charge in [-0.15, -0.1) is 0 Å². The summed E-state index contributed by atoms with van der Waals surface area (Å²) < 4.78 is 2.08. The van der Waals surface area contributed by atoms with Crippen LogP contribution in [0.15, 0.2) is 67.1 Å². The van der Waals surface area contributed by atoms with Gasteiger partial charge in [0, 0.05) is 48.9 Å². The standard InChI is InChI=1S/C33H39N7O2/c1-5-9-24-16-17-35-28(22-24)36-33(42)26-14-12-25(13-15-26)30-31-23(2)34-18-21-40(31)32(37-30)27-10-6-7-20-39(27)29(41)11-8-19-38(3)4/h8,11-18,21-22,27H,5-7,9-10,19-20H2,1-4H3,(H,35,36,42)/b11-8+/t27-/m0/s1. The van der Waals surface area contributed by atoms with E-state index in [9.17, 15) is 9.59 Å². The number of aromatic nitrogens is 4. The van der Waals surface area contributed by atoms with Crippen LogP contribution in [0, 0.1) is 6.92 Å². The van der Waals surface area contributed by atoms with E-state index in [1.165, 1.54) is 0 Å². The van der Waals surface area contributed by atoms with E-state index >= 15 is 0 Å². The highest BCUT2D eigenvalue weighted by Gasteiger charge is 2.31. The van der Waals surface area contributed by atoms with Crippen LogP contribution in [0.3, 0.4) is 0 Å². The van der Waals surface area contributed by atoms with Crippen molar-refractivity contribution in [3.05, 3.63) is 89.8 Å². The zero-order valence-corrected chi connectivity index (χ0v) is 24.9. The van der Waals surface area contributed by atoms with Crippen molar-refractivity contribution in [2.24, 2.45) is 0 Å². The first-order valence-electron chi connectivity index (χ1n) is 14.7. The fourth-order valence-corrected chi connectivity index (χ4v) is 5.53. The number of nitrogens with zero attached hydrogens (tertiary/aromatic N) is 6. The van der Waals surface area contributed by atoms with Gasteiger partial charge in [-0.05, 0) is 76.5 Å². The number of hydrogen-bond donors (Lipinski definition) is 1. The zero-order chi connectivity index (χ0) is 29.6. The number of rotatable bonds is 9. The number of carbonyl (C=O) groups is 2. The average Bonchev–Trinajstić information content (AvgIpc) is 3.38. The molecule has 9 heteroatoms. The van der Waals surface area contributed by atoms with Crippen molar-refractivity contribution in [1.82, 2.24) is 29.2 Å². The lowest BCUT2D eigenvalue weighted by Crippen LogP contribution is -2.38. The third-order valence-electron chi connectivity index (χ3n) is 7.61. The number of amides is 2. The van der Waals surface area contributed by atoms with Gasteiger partial charge in [0.2, 0.25) is 5.91 Å². The van der Waals surface area contributed by atoms with Gasteiger partial charge in [-0.3, -0.25) is 19.0 Å². The SMILES string of the molecule is CCCc1ccnc(NC(=O)c2ccc(-c3nc([C@@H]4CCCCN4C(=O)/C=C/CN(C)C)n4ccnc(C)c34)cc2)c1. The minimum atomic E-state index is -0.213. The van der Waals surface area contributed by atoms with E-state index in [1.807, 2.05) is 79.5 Å². The molecule has 1 aromatic carbocycles. The number of likely N-dealkylation sites (tertiary alicyclic amines) is 1. The quantitative estimate of drug-likeness (QED) is 0.270. The third kappa shape index (κ3) is 6.41. The highest BCUT2D eigenvalue weighted by atomic mass is 16.2. The second-order valence-corrected chi connectivity index (χ2v) is 11.1. The maximum atomic E-state index is 13.3. The van der Waals surface area contributed by atoms with Gasteiger partial charge in [0.15, 0.2) is 0 Å². The highest BCUT2D eigenvalue weighted by molar-refractivity contribution is 6.04. The minimum absolute atomic E-state index is 0.00992. The number of imidazole rings is 1. The average molecular weight is 566 g/mol. The lowest BCUT2D eigenvalue weighted by molar-refractivity contribution is -0.130. The van der Waals surface area contributed by atoms with Crippen LogP contribution in [-0.2, 0) is 11.2 Å². The fraction of sp³-hybridized carbons (Fsp3) is 0.364. The summed E-state index contributed by atoms with van der Waals surface area (Å²) >= 11 is 0. The van der Waals surface area contributed by atoms with Gasteiger partial charge in [0.05, 0.1) is 22.9 Å². The van der Waals surface area contributed by atoms with Gasteiger partial charge >= 0.3 is 0 Å². The van der Waals surface area contributed by atoms with Crippen LogP contribution in [-0.4, -0.2) is 68.2 Å². The smallest absolute Gasteiger partial charge is 0.256 e. The Hall–Kier alpha value is -4.37. The molecule has 9 nitrogen and oxygen atoms in total. The van der Waals surface area contributed by atoms with E-state index in [4.69, 9.17) is 4.98 Å². The molecule has 1 aliphatic heterocycles. The maximum absolute atomic E-state index is 13.3. The molecule has 42 heavy (non-hydrogen) atoms. The number of carbonyl (C=O) groups excluding carboxylic acids is 2. The number of anilines is 1. The van der Waals surface area contributed by atoms with E-state index in [2.05, 4.69) is 26.6 Å². The maximum Gasteiger partial charge on any atom is 0.256 e. The van der Waals surface area contributed by atoms with Crippen LogP contribution < -0.4 is 5.32 Å². The number of fused-ring (bicyclic) bond motifs is 1. The first-order valence-corrected chi connectivity index (χ1v) is 14.7. The van der Waals surface area contributed by atoms with Crippen LogP contribution in [0.2, 0.25) is 0 Å². The Morgan fingerprint density at radius 3 is 2.67 bits per heavy atom. The summed E-state index contributed by atoms with van der Waals surface area (Å²) in [7, 11) is 3.96. The van der Waals surface area contributed by atoms with Crippen LogP contribution in [0.5, 0.6) is 0 Å². The van der Waals surface area contributed by atoms with Gasteiger partial charge in [-0.2, -0.15) is 0 Å². The number of hydrogen-bond acceptors (Lipinski definition) is 6. The molecule has 218 valence electrons. The van der Waals surface area contributed by atoms with Crippen molar-refractivity contribution in [3.63, 3.8) is 0 Å². The van der Waals surface area contributed by atoms with E-state index in [-0.39, 0.29) is 17.9 Å². The number of pyridine rings is 1. The topological polar surface area (TPSA) is 95.7 Å². The van der Waals surface area contributed by atoms with E-state index in [0.717, 1.165) is 66.0 Å². The van der Waals surface area contributed by atoms with Crippen LogP contribution in [0.25, 0.3) is 16.8 Å². The van der Waals surface area contributed by atoms with Crippen molar-refractivity contribution in [2.75, 3.05) is 32.5 Å². The van der Waals surface area contributed by atoms with Gasteiger partial charge < -0.3 is 15.1 Å². The fourth-order valence-electron chi connectivity index (χ4n) is 5.53.